The first kappa shape index (κ1) is 4.44. The van der Waals surface area contributed by atoms with Gasteiger partial charge in [-0.05, 0) is 6.07 Å². The fourth-order valence-corrected chi connectivity index (χ4v) is 1.45. The maximum absolute atomic E-state index is 4.00. The van der Waals surface area contributed by atoms with Gasteiger partial charge in [0.25, 0.3) is 0 Å². The molecule has 1 aromatic carbocycles. The summed E-state index contributed by atoms with van der Waals surface area (Å²) in [6, 6.07) is 6.19. The topological polar surface area (TPSA) is 30.7 Å². The second kappa shape index (κ2) is 1.21. The Kier molecular flexibility index (Phi) is 0.537. The maximum atomic E-state index is 4.00. The number of nitrogens with zero attached hydrogens (tertiary/aromatic N) is 3. The third-order valence-corrected chi connectivity index (χ3v) is 1.95. The molecule has 0 fully saturated rings. The largest absolute Gasteiger partial charge is 0.240 e. The van der Waals surface area contributed by atoms with Crippen molar-refractivity contribution >= 4 is 11.0 Å². The van der Waals surface area contributed by atoms with Crippen molar-refractivity contribution in [3.63, 3.8) is 0 Å². The smallest absolute Gasteiger partial charge is 0.118 e. The molecule has 3 heteroatoms. The molecule has 0 radical (unpaired) electrons. The summed E-state index contributed by atoms with van der Waals surface area (Å²) in [5, 5.41) is 7.94. The molecule has 0 unspecified atom stereocenters. The highest BCUT2D eigenvalue weighted by molar-refractivity contribution is 5.81. The van der Waals surface area contributed by atoms with Gasteiger partial charge in [-0.3, -0.25) is 0 Å². The van der Waals surface area contributed by atoms with Crippen molar-refractivity contribution in [2.24, 2.45) is 0 Å². The summed E-state index contributed by atoms with van der Waals surface area (Å²) < 4.78 is 1.92. The number of benzene rings is 1. The number of hydrogen-bond donors (Lipinski definition) is 0. The summed E-state index contributed by atoms with van der Waals surface area (Å²) >= 11 is 0. The van der Waals surface area contributed by atoms with Crippen molar-refractivity contribution in [3.05, 3.63) is 23.8 Å². The molecule has 0 saturated carbocycles. The molecular formula is C7H5N3. The summed E-state index contributed by atoms with van der Waals surface area (Å²) in [4.78, 5) is 0. The summed E-state index contributed by atoms with van der Waals surface area (Å²) in [6.45, 7) is 0.918. The molecule has 1 aliphatic rings. The standard InChI is InChI=1S/C7H5N3/c1-2-5-4-10-6(3-1)7(5)8-9-10/h1-3H,4H2. The second-order valence-corrected chi connectivity index (χ2v) is 2.53. The Hall–Kier alpha value is -1.38. The van der Waals surface area contributed by atoms with Gasteiger partial charge >= 0.3 is 0 Å². The minimum Gasteiger partial charge on any atom is -0.240 e. The van der Waals surface area contributed by atoms with Crippen LogP contribution in [0.4, 0.5) is 0 Å². The van der Waals surface area contributed by atoms with Gasteiger partial charge in [0.15, 0.2) is 0 Å². The molecule has 0 amide bonds. The van der Waals surface area contributed by atoms with Crippen molar-refractivity contribution in [1.82, 2.24) is 15.0 Å². The number of hydrogen-bond acceptors (Lipinski definition) is 2. The van der Waals surface area contributed by atoms with E-state index in [2.05, 4.69) is 16.4 Å². The first-order valence-electron chi connectivity index (χ1n) is 3.26. The molecule has 0 aliphatic carbocycles. The lowest BCUT2D eigenvalue weighted by molar-refractivity contribution is 0.664. The van der Waals surface area contributed by atoms with Crippen LogP contribution in [-0.4, -0.2) is 15.0 Å². The van der Waals surface area contributed by atoms with E-state index >= 15 is 0 Å². The molecule has 2 heterocycles. The highest BCUT2D eigenvalue weighted by Gasteiger charge is 2.15. The van der Waals surface area contributed by atoms with Crippen LogP contribution >= 0.6 is 0 Å². The Labute approximate surface area is 57.3 Å². The van der Waals surface area contributed by atoms with Gasteiger partial charge in [0, 0.05) is 5.56 Å². The minimum absolute atomic E-state index is 0.918. The van der Waals surface area contributed by atoms with Crippen LogP contribution in [0.1, 0.15) is 5.56 Å². The van der Waals surface area contributed by atoms with Crippen LogP contribution in [0.2, 0.25) is 0 Å². The third kappa shape index (κ3) is 0.319. The zero-order valence-corrected chi connectivity index (χ0v) is 5.28. The van der Waals surface area contributed by atoms with Gasteiger partial charge in [-0.2, -0.15) is 0 Å². The van der Waals surface area contributed by atoms with E-state index in [0.717, 1.165) is 17.6 Å². The van der Waals surface area contributed by atoms with E-state index in [1.54, 1.807) is 0 Å². The summed E-state index contributed by atoms with van der Waals surface area (Å²) in [7, 11) is 0. The Bertz CT molecular complexity index is 402. The maximum Gasteiger partial charge on any atom is 0.118 e. The first-order valence-corrected chi connectivity index (χ1v) is 3.26. The molecule has 0 spiro atoms. The average molecular weight is 131 g/mol. The van der Waals surface area contributed by atoms with Crippen LogP contribution in [0.25, 0.3) is 11.0 Å². The predicted molar refractivity (Wildman–Crippen MR) is 36.6 cm³/mol. The van der Waals surface area contributed by atoms with Crippen molar-refractivity contribution in [2.75, 3.05) is 0 Å². The van der Waals surface area contributed by atoms with E-state index in [9.17, 15) is 0 Å². The van der Waals surface area contributed by atoms with Crippen molar-refractivity contribution in [1.29, 1.82) is 0 Å². The monoisotopic (exact) mass is 131 g/mol. The van der Waals surface area contributed by atoms with Crippen molar-refractivity contribution in [3.8, 4) is 0 Å². The zero-order valence-electron chi connectivity index (χ0n) is 5.28. The van der Waals surface area contributed by atoms with Gasteiger partial charge in [-0.15, -0.1) is 5.10 Å². The van der Waals surface area contributed by atoms with E-state index < -0.39 is 0 Å². The molecule has 1 aliphatic heterocycles. The fourth-order valence-electron chi connectivity index (χ4n) is 1.45. The Morgan fingerprint density at radius 1 is 1.40 bits per heavy atom. The van der Waals surface area contributed by atoms with Crippen LogP contribution in [0.5, 0.6) is 0 Å². The molecule has 4 bridgehead atoms. The first-order chi connectivity index (χ1) is 4.95. The number of rotatable bonds is 0. The van der Waals surface area contributed by atoms with E-state index in [1.165, 1.54) is 5.56 Å². The normalized spacial score (nSPS) is 13.6. The second-order valence-electron chi connectivity index (χ2n) is 2.53. The molecule has 0 N–H and O–H groups in total. The van der Waals surface area contributed by atoms with Gasteiger partial charge in [0.05, 0.1) is 12.1 Å². The van der Waals surface area contributed by atoms with Gasteiger partial charge in [-0.1, -0.05) is 17.3 Å². The molecule has 3 rings (SSSR count). The Balaban J connectivity index is 2.73. The van der Waals surface area contributed by atoms with E-state index in [4.69, 9.17) is 0 Å². The van der Waals surface area contributed by atoms with E-state index in [-0.39, 0.29) is 0 Å². The summed E-state index contributed by atoms with van der Waals surface area (Å²) in [6.07, 6.45) is 0. The molecule has 0 atom stereocenters. The van der Waals surface area contributed by atoms with Crippen LogP contribution in [0.15, 0.2) is 18.2 Å². The van der Waals surface area contributed by atoms with Gasteiger partial charge in [0.2, 0.25) is 0 Å². The fraction of sp³-hybridized carbons (Fsp3) is 0.143. The molecule has 1 aromatic heterocycles. The van der Waals surface area contributed by atoms with Gasteiger partial charge in [-0.25, -0.2) is 4.68 Å². The molecule has 0 saturated heterocycles. The summed E-state index contributed by atoms with van der Waals surface area (Å²) in [5.41, 5.74) is 3.53. The van der Waals surface area contributed by atoms with Crippen LogP contribution in [0, 0.1) is 0 Å². The molecule has 48 valence electrons. The SMILES string of the molecule is c1cc2c3nnn(c3c1)C2. The molecule has 2 aromatic rings. The highest BCUT2D eigenvalue weighted by Crippen LogP contribution is 2.23. The lowest BCUT2D eigenvalue weighted by Crippen LogP contribution is -1.99. The third-order valence-electron chi connectivity index (χ3n) is 1.95. The van der Waals surface area contributed by atoms with E-state index in [0.29, 0.717) is 0 Å². The summed E-state index contributed by atoms with van der Waals surface area (Å²) in [5.74, 6) is 0. The lowest BCUT2D eigenvalue weighted by Gasteiger charge is -1.92. The van der Waals surface area contributed by atoms with E-state index in [1.807, 2.05) is 16.8 Å². The van der Waals surface area contributed by atoms with Crippen LogP contribution in [-0.2, 0) is 6.54 Å². The Morgan fingerprint density at radius 3 is 3.20 bits per heavy atom. The highest BCUT2D eigenvalue weighted by atomic mass is 15.4. The van der Waals surface area contributed by atoms with Crippen LogP contribution in [0.3, 0.4) is 0 Å². The Morgan fingerprint density at radius 2 is 2.40 bits per heavy atom. The zero-order chi connectivity index (χ0) is 6.55. The average Bonchev–Trinajstić information content (AvgIpc) is 2.44. The molecule has 10 heavy (non-hydrogen) atoms. The van der Waals surface area contributed by atoms with Crippen molar-refractivity contribution < 1.29 is 0 Å². The predicted octanol–water partition coefficient (Wildman–Crippen LogP) is 0.793. The van der Waals surface area contributed by atoms with Gasteiger partial charge in [0.1, 0.15) is 5.52 Å². The lowest BCUT2D eigenvalue weighted by atomic mass is 10.2. The molecular weight excluding hydrogens is 126 g/mol. The van der Waals surface area contributed by atoms with Crippen molar-refractivity contribution in [2.45, 2.75) is 6.54 Å². The number of aromatic nitrogens is 3. The van der Waals surface area contributed by atoms with Gasteiger partial charge < -0.3 is 0 Å². The quantitative estimate of drug-likeness (QED) is 0.451. The minimum atomic E-state index is 0.918. The molecule has 3 nitrogen and oxygen atoms in total. The van der Waals surface area contributed by atoms with Crippen LogP contribution < -0.4 is 0 Å².